The van der Waals surface area contributed by atoms with Crippen molar-refractivity contribution in [3.05, 3.63) is 122 Å². The molecule has 0 fully saturated rings. The Kier molecular flexibility index (Phi) is 9.03. The number of fused-ring (bicyclic) bond motifs is 1. The van der Waals surface area contributed by atoms with Crippen LogP contribution in [0, 0.1) is 0 Å². The molecule has 6 nitrogen and oxygen atoms in total. The number of halogens is 3. The second kappa shape index (κ2) is 12.9. The maximum atomic E-state index is 12.8. The van der Waals surface area contributed by atoms with Crippen LogP contribution in [0.3, 0.4) is 0 Å². The van der Waals surface area contributed by atoms with Crippen molar-refractivity contribution in [2.24, 2.45) is 0 Å². The van der Waals surface area contributed by atoms with Crippen LogP contribution >= 0.6 is 34.8 Å². The van der Waals surface area contributed by atoms with Gasteiger partial charge in [-0.1, -0.05) is 53.0 Å². The Morgan fingerprint density at radius 2 is 1.71 bits per heavy atom. The Labute approximate surface area is 252 Å². The van der Waals surface area contributed by atoms with Crippen molar-refractivity contribution >= 4 is 46.7 Å². The third-order valence-electron chi connectivity index (χ3n) is 6.88. The zero-order valence-electron chi connectivity index (χ0n) is 21.8. The van der Waals surface area contributed by atoms with Crippen LogP contribution in [0.1, 0.15) is 45.0 Å². The number of rotatable bonds is 9. The number of carboxylic acids is 1. The molecule has 0 bridgehead atoms. The van der Waals surface area contributed by atoms with Crippen LogP contribution in [0.25, 0.3) is 0 Å². The van der Waals surface area contributed by atoms with E-state index in [4.69, 9.17) is 44.3 Å². The first-order valence-corrected chi connectivity index (χ1v) is 14.2. The molecular formula is C32H26Cl3NO5. The standard InChI is InChI=1S/C32H26Cl3NO5/c33-23-3-1-2-19(15-23)14-22-16-24(34)7-4-20(22)10-12-36-31(37)21-5-8-25(9-6-21)41-30-18-29-27(17-28(30)35)26(32(38)39)11-13-40-29/h1-9,15-18,26H,10-14H2,(H,36,37)(H,38,39). The minimum atomic E-state index is -0.917. The lowest BCUT2D eigenvalue weighted by atomic mass is 9.93. The van der Waals surface area contributed by atoms with Crippen molar-refractivity contribution in [3.8, 4) is 17.2 Å². The molecule has 1 heterocycles. The highest BCUT2D eigenvalue weighted by atomic mass is 35.5. The summed E-state index contributed by atoms with van der Waals surface area (Å²) >= 11 is 18.8. The number of hydrogen-bond donors (Lipinski definition) is 2. The Morgan fingerprint density at radius 1 is 0.927 bits per heavy atom. The molecule has 1 atom stereocenters. The number of nitrogens with one attached hydrogen (secondary N) is 1. The van der Waals surface area contributed by atoms with Crippen LogP contribution in [0.2, 0.25) is 15.1 Å². The summed E-state index contributed by atoms with van der Waals surface area (Å²) in [5.41, 5.74) is 4.28. The fourth-order valence-corrected chi connectivity index (χ4v) is 5.43. The highest BCUT2D eigenvalue weighted by Gasteiger charge is 2.29. The lowest BCUT2D eigenvalue weighted by molar-refractivity contribution is -0.139. The van der Waals surface area contributed by atoms with Crippen LogP contribution in [0.15, 0.2) is 78.9 Å². The predicted octanol–water partition coefficient (Wildman–Crippen LogP) is 7.95. The number of aliphatic carboxylic acids is 1. The van der Waals surface area contributed by atoms with E-state index in [1.807, 2.05) is 42.5 Å². The van der Waals surface area contributed by atoms with Gasteiger partial charge in [-0.25, -0.2) is 0 Å². The van der Waals surface area contributed by atoms with Crippen LogP contribution in [-0.4, -0.2) is 30.1 Å². The van der Waals surface area contributed by atoms with E-state index in [0.29, 0.717) is 70.8 Å². The van der Waals surface area contributed by atoms with E-state index in [0.717, 1.165) is 16.7 Å². The van der Waals surface area contributed by atoms with Gasteiger partial charge in [0.05, 0.1) is 17.5 Å². The summed E-state index contributed by atoms with van der Waals surface area (Å²) < 4.78 is 11.6. The van der Waals surface area contributed by atoms with Crippen molar-refractivity contribution in [1.82, 2.24) is 5.32 Å². The summed E-state index contributed by atoms with van der Waals surface area (Å²) in [5.74, 6) is -0.542. The van der Waals surface area contributed by atoms with E-state index >= 15 is 0 Å². The topological polar surface area (TPSA) is 84.9 Å². The molecule has 210 valence electrons. The van der Waals surface area contributed by atoms with Gasteiger partial charge in [0.25, 0.3) is 5.91 Å². The van der Waals surface area contributed by atoms with Crippen molar-refractivity contribution in [1.29, 1.82) is 0 Å². The molecule has 5 rings (SSSR count). The number of ether oxygens (including phenoxy) is 2. The monoisotopic (exact) mass is 609 g/mol. The van der Waals surface area contributed by atoms with Crippen molar-refractivity contribution < 1.29 is 24.2 Å². The average molecular weight is 611 g/mol. The maximum absolute atomic E-state index is 12.8. The van der Waals surface area contributed by atoms with Gasteiger partial charge in [0.1, 0.15) is 17.2 Å². The molecule has 1 aliphatic heterocycles. The number of carboxylic acid groups (broad SMARTS) is 1. The van der Waals surface area contributed by atoms with Crippen molar-refractivity contribution in [2.75, 3.05) is 13.2 Å². The molecule has 2 N–H and O–H groups in total. The zero-order chi connectivity index (χ0) is 28.9. The van der Waals surface area contributed by atoms with E-state index < -0.39 is 11.9 Å². The van der Waals surface area contributed by atoms with Gasteiger partial charge >= 0.3 is 5.97 Å². The van der Waals surface area contributed by atoms with Crippen molar-refractivity contribution in [2.45, 2.75) is 25.2 Å². The third-order valence-corrected chi connectivity index (χ3v) is 7.64. The molecule has 1 aliphatic rings. The lowest BCUT2D eigenvalue weighted by Crippen LogP contribution is -2.25. The van der Waals surface area contributed by atoms with Gasteiger partial charge in [-0.05, 0) is 90.6 Å². The molecule has 1 unspecified atom stereocenters. The van der Waals surface area contributed by atoms with Crippen molar-refractivity contribution in [3.63, 3.8) is 0 Å². The zero-order valence-corrected chi connectivity index (χ0v) is 24.1. The molecule has 0 aromatic heterocycles. The van der Waals surface area contributed by atoms with Gasteiger partial charge in [0.2, 0.25) is 0 Å². The smallest absolute Gasteiger partial charge is 0.311 e. The number of carbonyl (C=O) groups excluding carboxylic acids is 1. The highest BCUT2D eigenvalue weighted by Crippen LogP contribution is 2.41. The summed E-state index contributed by atoms with van der Waals surface area (Å²) in [5, 5.41) is 14.1. The largest absolute Gasteiger partial charge is 0.493 e. The SMILES string of the molecule is O=C(NCCc1ccc(Cl)cc1Cc1cccc(Cl)c1)c1ccc(Oc2cc3c(cc2Cl)C(C(=O)O)CCO3)cc1. The molecular weight excluding hydrogens is 585 g/mol. The minimum absolute atomic E-state index is 0.207. The number of carbonyl (C=O) groups is 2. The first-order chi connectivity index (χ1) is 19.8. The Balaban J connectivity index is 1.19. The molecule has 1 amide bonds. The molecule has 9 heteroatoms. The van der Waals surface area contributed by atoms with Gasteiger partial charge in [-0.2, -0.15) is 0 Å². The number of amides is 1. The summed E-state index contributed by atoms with van der Waals surface area (Å²) in [7, 11) is 0. The minimum Gasteiger partial charge on any atom is -0.493 e. The number of hydrogen-bond acceptors (Lipinski definition) is 4. The molecule has 0 saturated carbocycles. The second-order valence-electron chi connectivity index (χ2n) is 9.70. The van der Waals surface area contributed by atoms with E-state index in [2.05, 4.69) is 5.32 Å². The van der Waals surface area contributed by atoms with Gasteiger partial charge in [-0.15, -0.1) is 0 Å². The molecule has 0 aliphatic carbocycles. The Bertz CT molecular complexity index is 1590. The summed E-state index contributed by atoms with van der Waals surface area (Å²) in [6, 6.07) is 23.4. The summed E-state index contributed by atoms with van der Waals surface area (Å²) in [6.07, 6.45) is 1.71. The normalized spacial score (nSPS) is 14.1. The Hall–Kier alpha value is -3.71. The third kappa shape index (κ3) is 7.14. The van der Waals surface area contributed by atoms with Gasteiger partial charge < -0.3 is 19.9 Å². The molecule has 4 aromatic rings. The predicted molar refractivity (Wildman–Crippen MR) is 160 cm³/mol. The van der Waals surface area contributed by atoms with E-state index in [1.165, 1.54) is 0 Å². The summed E-state index contributed by atoms with van der Waals surface area (Å²) in [4.78, 5) is 24.4. The van der Waals surface area contributed by atoms with Crippen LogP contribution < -0.4 is 14.8 Å². The van der Waals surface area contributed by atoms with E-state index in [-0.39, 0.29) is 10.9 Å². The fourth-order valence-electron chi connectivity index (χ4n) is 4.81. The van der Waals surface area contributed by atoms with Gasteiger partial charge in [0.15, 0.2) is 0 Å². The van der Waals surface area contributed by atoms with E-state index in [1.54, 1.807) is 36.4 Å². The molecule has 0 spiro atoms. The summed E-state index contributed by atoms with van der Waals surface area (Å²) in [6.45, 7) is 0.749. The number of benzene rings is 4. The van der Waals surface area contributed by atoms with Crippen LogP contribution in [0.5, 0.6) is 17.2 Å². The quantitative estimate of drug-likeness (QED) is 0.201. The van der Waals surface area contributed by atoms with Crippen LogP contribution in [-0.2, 0) is 17.6 Å². The highest BCUT2D eigenvalue weighted by molar-refractivity contribution is 6.32. The Morgan fingerprint density at radius 3 is 2.46 bits per heavy atom. The molecule has 41 heavy (non-hydrogen) atoms. The van der Waals surface area contributed by atoms with E-state index in [9.17, 15) is 14.7 Å². The van der Waals surface area contributed by atoms with Crippen LogP contribution in [0.4, 0.5) is 0 Å². The molecule has 4 aromatic carbocycles. The first kappa shape index (κ1) is 28.8. The van der Waals surface area contributed by atoms with Gasteiger partial charge in [-0.3, -0.25) is 9.59 Å². The fraction of sp³-hybridized carbons (Fsp3) is 0.188. The first-order valence-electron chi connectivity index (χ1n) is 13.0. The van der Waals surface area contributed by atoms with Gasteiger partial charge in [0, 0.05) is 33.8 Å². The lowest BCUT2D eigenvalue weighted by Gasteiger charge is -2.24. The average Bonchev–Trinajstić information content (AvgIpc) is 2.94. The molecule has 0 radical (unpaired) electrons. The second-order valence-corrected chi connectivity index (χ2v) is 11.0. The molecule has 0 saturated heterocycles. The maximum Gasteiger partial charge on any atom is 0.311 e.